The molecule has 170 valence electrons. The van der Waals surface area contributed by atoms with Crippen molar-refractivity contribution in [1.82, 2.24) is 5.06 Å². The van der Waals surface area contributed by atoms with Crippen LogP contribution in [0.25, 0.3) is 22.3 Å². The van der Waals surface area contributed by atoms with Crippen LogP contribution in [0.5, 0.6) is 0 Å². The lowest BCUT2D eigenvalue weighted by Crippen LogP contribution is -2.17. The van der Waals surface area contributed by atoms with Gasteiger partial charge in [-0.25, -0.2) is 23.0 Å². The molecule has 0 aliphatic heterocycles. The van der Waals surface area contributed by atoms with Gasteiger partial charge in [0.25, 0.3) is 0 Å². The number of primary sulfonamides is 1. The summed E-state index contributed by atoms with van der Waals surface area (Å²) in [6.45, 7) is 0. The number of hydroxylamine groups is 2. The van der Waals surface area contributed by atoms with Gasteiger partial charge in [0.1, 0.15) is 5.82 Å². The second kappa shape index (κ2) is 10.6. The smallest absolute Gasteiger partial charge is 0.238 e. The van der Waals surface area contributed by atoms with Gasteiger partial charge in [-0.1, -0.05) is 53.8 Å². The average molecular weight is 531 g/mol. The summed E-state index contributed by atoms with van der Waals surface area (Å²) in [4.78, 5) is 1.12. The first kappa shape index (κ1) is 25.1. The quantitative estimate of drug-likeness (QED) is 0.228. The zero-order chi connectivity index (χ0) is 23.5. The van der Waals surface area contributed by atoms with Crippen LogP contribution in [0.1, 0.15) is 11.3 Å². The minimum absolute atomic E-state index is 0.0297. The van der Waals surface area contributed by atoms with Crippen molar-refractivity contribution in [1.29, 1.82) is 0 Å². The largest absolute Gasteiger partial charge is 0.287 e. The molecule has 0 bridgehead atoms. The van der Waals surface area contributed by atoms with Crippen molar-refractivity contribution < 1.29 is 18.0 Å². The number of rotatable bonds is 7. The Morgan fingerprint density at radius 1 is 1.25 bits per heavy atom. The summed E-state index contributed by atoms with van der Waals surface area (Å²) in [7, 11) is -2.30. The molecule has 0 amide bonds. The van der Waals surface area contributed by atoms with E-state index >= 15 is 0 Å². The molecule has 3 rings (SSSR count). The fourth-order valence-electron chi connectivity index (χ4n) is 3.07. The van der Waals surface area contributed by atoms with E-state index in [1.54, 1.807) is 35.6 Å². The van der Waals surface area contributed by atoms with Gasteiger partial charge in [-0.15, -0.1) is 11.3 Å². The molecular weight excluding hydrogens is 511 g/mol. The van der Waals surface area contributed by atoms with Gasteiger partial charge in [-0.05, 0) is 53.6 Å². The summed E-state index contributed by atoms with van der Waals surface area (Å²) in [5.74, 6) is 0.230. The van der Waals surface area contributed by atoms with Crippen LogP contribution in [-0.4, -0.2) is 35.8 Å². The number of nitrogens with zero attached hydrogens (tertiary/aromatic N) is 1. The highest BCUT2D eigenvalue weighted by atomic mass is 35.5. The van der Waals surface area contributed by atoms with Crippen LogP contribution in [0.4, 0.5) is 4.39 Å². The van der Waals surface area contributed by atoms with Gasteiger partial charge in [0, 0.05) is 28.8 Å². The SMILES string of the molecule is CN(O)C(=S)SCCCc1scc(-c2ccc(S(N)(=O)=O)cc2)c1-c1ccc(F)c(Cl)c1. The van der Waals surface area contributed by atoms with Crippen LogP contribution in [0.3, 0.4) is 0 Å². The van der Waals surface area contributed by atoms with Crippen molar-refractivity contribution in [3.05, 3.63) is 63.6 Å². The van der Waals surface area contributed by atoms with Crippen molar-refractivity contribution in [2.24, 2.45) is 5.14 Å². The van der Waals surface area contributed by atoms with Crippen LogP contribution < -0.4 is 5.14 Å². The third-order valence-electron chi connectivity index (χ3n) is 4.61. The summed E-state index contributed by atoms with van der Waals surface area (Å²) in [6.07, 6.45) is 1.56. The number of hydrogen-bond donors (Lipinski definition) is 2. The lowest BCUT2D eigenvalue weighted by Gasteiger charge is -2.12. The van der Waals surface area contributed by atoms with Crippen molar-refractivity contribution in [3.63, 3.8) is 0 Å². The van der Waals surface area contributed by atoms with E-state index in [9.17, 15) is 18.0 Å². The molecule has 1 aromatic heterocycles. The number of aryl methyl sites for hydroxylation is 1. The molecule has 0 radical (unpaired) electrons. The number of benzene rings is 2. The Hall–Kier alpha value is -1.53. The second-order valence-corrected chi connectivity index (χ2v) is 11.5. The van der Waals surface area contributed by atoms with Crippen molar-refractivity contribution in [2.75, 3.05) is 12.8 Å². The normalized spacial score (nSPS) is 11.5. The summed E-state index contributed by atoms with van der Waals surface area (Å²) in [5.41, 5.74) is 3.41. The maximum absolute atomic E-state index is 13.8. The van der Waals surface area contributed by atoms with Gasteiger partial charge < -0.3 is 0 Å². The zero-order valence-electron chi connectivity index (χ0n) is 16.9. The third-order valence-corrected chi connectivity index (χ3v) is 8.49. The molecule has 0 aliphatic carbocycles. The van der Waals surface area contributed by atoms with E-state index in [0.29, 0.717) is 4.32 Å². The van der Waals surface area contributed by atoms with Gasteiger partial charge in [0.15, 0.2) is 4.32 Å². The predicted molar refractivity (Wildman–Crippen MR) is 134 cm³/mol. The van der Waals surface area contributed by atoms with Crippen LogP contribution in [-0.2, 0) is 16.4 Å². The lowest BCUT2D eigenvalue weighted by molar-refractivity contribution is 0.0205. The van der Waals surface area contributed by atoms with Gasteiger partial charge in [-0.3, -0.25) is 5.21 Å². The van der Waals surface area contributed by atoms with Crippen LogP contribution in [0, 0.1) is 5.82 Å². The minimum atomic E-state index is -3.79. The molecule has 11 heteroatoms. The average Bonchev–Trinajstić information content (AvgIpc) is 3.16. The standard InChI is InChI=1S/C21H20ClFN2O3S4/c1-25(26)21(29)30-10-2-3-19-20(14-6-9-18(23)17(22)11-14)16(12-31-19)13-4-7-15(8-5-13)32(24,27)28/h4-9,11-12,26H,2-3,10H2,1H3,(H2,24,27,28). The first-order valence-corrected chi connectivity index (χ1v) is 13.6. The van der Waals surface area contributed by atoms with Gasteiger partial charge in [-0.2, -0.15) is 0 Å². The van der Waals surface area contributed by atoms with E-state index in [1.807, 2.05) is 5.38 Å². The van der Waals surface area contributed by atoms with E-state index in [2.05, 4.69) is 0 Å². The van der Waals surface area contributed by atoms with Crippen LogP contribution >= 0.6 is 46.9 Å². The fourth-order valence-corrected chi connectivity index (χ4v) is 5.79. The van der Waals surface area contributed by atoms with E-state index in [4.69, 9.17) is 29.0 Å². The number of sulfonamides is 1. The molecule has 2 aromatic carbocycles. The van der Waals surface area contributed by atoms with E-state index in [1.165, 1.54) is 37.0 Å². The molecule has 0 fully saturated rings. The van der Waals surface area contributed by atoms with Gasteiger partial charge in [0.05, 0.1) is 9.92 Å². The van der Waals surface area contributed by atoms with E-state index in [0.717, 1.165) is 50.8 Å². The summed E-state index contributed by atoms with van der Waals surface area (Å²) >= 11 is 14.1. The summed E-state index contributed by atoms with van der Waals surface area (Å²) in [5, 5.41) is 17.5. The Labute approximate surface area is 205 Å². The Morgan fingerprint density at radius 3 is 2.50 bits per heavy atom. The van der Waals surface area contributed by atoms with Crippen molar-refractivity contribution in [2.45, 2.75) is 17.7 Å². The number of thiocarbonyl (C=S) groups is 1. The monoisotopic (exact) mass is 530 g/mol. The highest BCUT2D eigenvalue weighted by molar-refractivity contribution is 8.22. The zero-order valence-corrected chi connectivity index (χ0v) is 20.9. The van der Waals surface area contributed by atoms with Crippen molar-refractivity contribution in [3.8, 4) is 22.3 Å². The summed E-state index contributed by atoms with van der Waals surface area (Å²) in [6, 6.07) is 10.9. The number of thioether (sulfide) groups is 1. The predicted octanol–water partition coefficient (Wildman–Crippen LogP) is 5.79. The Kier molecular flexibility index (Phi) is 8.31. The van der Waals surface area contributed by atoms with Gasteiger partial charge in [0.2, 0.25) is 10.0 Å². The van der Waals surface area contributed by atoms with Gasteiger partial charge >= 0.3 is 0 Å². The molecule has 1 heterocycles. The highest BCUT2D eigenvalue weighted by Gasteiger charge is 2.17. The van der Waals surface area contributed by atoms with E-state index < -0.39 is 15.8 Å². The fraction of sp³-hybridized carbons (Fsp3) is 0.190. The molecule has 5 nitrogen and oxygen atoms in total. The maximum Gasteiger partial charge on any atom is 0.238 e. The molecule has 0 atom stereocenters. The Bertz CT molecular complexity index is 1230. The number of halogens is 2. The summed E-state index contributed by atoms with van der Waals surface area (Å²) < 4.78 is 37.3. The molecule has 0 aliphatic rings. The maximum atomic E-state index is 13.8. The highest BCUT2D eigenvalue weighted by Crippen LogP contribution is 2.41. The minimum Gasteiger partial charge on any atom is -0.287 e. The number of thiophene rings is 1. The number of hydrogen-bond acceptors (Lipinski definition) is 6. The molecule has 3 N–H and O–H groups in total. The first-order valence-electron chi connectivity index (χ1n) is 9.36. The first-order chi connectivity index (χ1) is 15.1. The third kappa shape index (κ3) is 6.07. The van der Waals surface area contributed by atoms with Crippen molar-refractivity contribution >= 4 is 61.3 Å². The molecule has 0 unspecified atom stereocenters. The molecule has 0 saturated heterocycles. The molecular formula is C21H20ClFN2O3S4. The molecule has 3 aromatic rings. The number of nitrogens with two attached hydrogens (primary N) is 1. The van der Waals surface area contributed by atoms with Crippen LogP contribution in [0.2, 0.25) is 5.02 Å². The lowest BCUT2D eigenvalue weighted by atomic mass is 9.95. The molecule has 0 spiro atoms. The second-order valence-electron chi connectivity index (χ2n) is 6.89. The molecule has 0 saturated carbocycles. The molecule has 32 heavy (non-hydrogen) atoms. The van der Waals surface area contributed by atoms with Crippen LogP contribution in [0.15, 0.2) is 52.7 Å². The van der Waals surface area contributed by atoms with E-state index in [-0.39, 0.29) is 9.92 Å². The Balaban J connectivity index is 1.95. The Morgan fingerprint density at radius 2 is 1.91 bits per heavy atom. The topological polar surface area (TPSA) is 83.6 Å².